The number of morpholine rings is 1. The fourth-order valence-corrected chi connectivity index (χ4v) is 4.19. The Balaban J connectivity index is 1.38. The lowest BCUT2D eigenvalue weighted by Gasteiger charge is -2.28. The number of hydrogen-bond acceptors (Lipinski definition) is 8. The predicted octanol–water partition coefficient (Wildman–Crippen LogP) is 3.60. The number of oxazole rings is 1. The molecule has 34 heavy (non-hydrogen) atoms. The number of carbonyl (C=O) groups excluding carboxylic acids is 1. The third-order valence-electron chi connectivity index (χ3n) is 6.14. The van der Waals surface area contributed by atoms with E-state index in [0.717, 1.165) is 66.7 Å². The van der Waals surface area contributed by atoms with E-state index >= 15 is 0 Å². The van der Waals surface area contributed by atoms with Crippen molar-refractivity contribution in [3.05, 3.63) is 36.7 Å². The smallest absolute Gasteiger partial charge is 0.320 e. The molecule has 10 heteroatoms. The van der Waals surface area contributed by atoms with Gasteiger partial charge in [0.25, 0.3) is 0 Å². The lowest BCUT2D eigenvalue weighted by molar-refractivity contribution is 0.122. The summed E-state index contributed by atoms with van der Waals surface area (Å²) in [5.74, 6) is 1.60. The summed E-state index contributed by atoms with van der Waals surface area (Å²) < 4.78 is 11.6. The van der Waals surface area contributed by atoms with Gasteiger partial charge >= 0.3 is 6.03 Å². The number of anilines is 3. The number of fused-ring (bicyclic) bond motifs is 2. The molecule has 174 valence electrons. The molecule has 1 saturated carbocycles. The highest BCUT2D eigenvalue weighted by Crippen LogP contribution is 2.34. The Bertz CT molecular complexity index is 1380. The Morgan fingerprint density at radius 2 is 1.94 bits per heavy atom. The molecule has 3 aromatic heterocycles. The summed E-state index contributed by atoms with van der Waals surface area (Å²) in [6.07, 6.45) is 5.47. The van der Waals surface area contributed by atoms with Crippen LogP contribution in [0.4, 0.5) is 22.1 Å². The van der Waals surface area contributed by atoms with Crippen LogP contribution in [0.3, 0.4) is 0 Å². The number of aromatic nitrogens is 3. The molecular weight excluding hydrogens is 434 g/mol. The van der Waals surface area contributed by atoms with Crippen LogP contribution in [-0.2, 0) is 4.74 Å². The molecule has 0 unspecified atom stereocenters. The second kappa shape index (κ2) is 8.45. The van der Waals surface area contributed by atoms with Crippen LogP contribution in [0.15, 0.2) is 41.1 Å². The number of benzene rings is 1. The standard InChI is InChI=1S/C24H25N7O3/c1-25-22-17-12-26-21(30-24(32)28-14-2-3-14)11-16(17)18(13-27-22)23-29-19-10-15(4-5-20(19)34-23)31-6-8-33-9-7-31/h4-5,10-14H,2-3,6-9H2,1H3,(H,25,27)(H2,26,28,30,32). The number of ether oxygens (including phenoxy) is 1. The summed E-state index contributed by atoms with van der Waals surface area (Å²) >= 11 is 0. The Morgan fingerprint density at radius 1 is 1.09 bits per heavy atom. The highest BCUT2D eigenvalue weighted by Gasteiger charge is 2.23. The van der Waals surface area contributed by atoms with Gasteiger partial charge < -0.3 is 24.7 Å². The van der Waals surface area contributed by atoms with E-state index in [0.29, 0.717) is 23.1 Å². The van der Waals surface area contributed by atoms with Gasteiger partial charge in [-0.1, -0.05) is 0 Å². The van der Waals surface area contributed by atoms with Gasteiger partial charge in [0.1, 0.15) is 17.2 Å². The van der Waals surface area contributed by atoms with Crippen molar-refractivity contribution in [3.63, 3.8) is 0 Å². The number of pyridine rings is 2. The van der Waals surface area contributed by atoms with Gasteiger partial charge in [-0.05, 0) is 37.1 Å². The molecule has 0 radical (unpaired) electrons. The summed E-state index contributed by atoms with van der Waals surface area (Å²) in [4.78, 5) is 28.2. The first-order valence-electron chi connectivity index (χ1n) is 11.5. The molecule has 6 rings (SSSR count). The minimum Gasteiger partial charge on any atom is -0.436 e. The number of carbonyl (C=O) groups is 1. The van der Waals surface area contributed by atoms with Gasteiger partial charge in [-0.25, -0.2) is 19.7 Å². The average molecular weight is 460 g/mol. The maximum absolute atomic E-state index is 12.2. The first-order valence-corrected chi connectivity index (χ1v) is 11.5. The summed E-state index contributed by atoms with van der Waals surface area (Å²) in [6.45, 7) is 3.15. The van der Waals surface area contributed by atoms with Crippen LogP contribution in [-0.4, -0.2) is 60.4 Å². The summed E-state index contributed by atoms with van der Waals surface area (Å²) in [6, 6.07) is 7.88. The van der Waals surface area contributed by atoms with Crippen molar-refractivity contribution in [2.45, 2.75) is 18.9 Å². The molecule has 2 amide bonds. The number of hydrogen-bond donors (Lipinski definition) is 3. The Morgan fingerprint density at radius 3 is 2.74 bits per heavy atom. The Hall–Kier alpha value is -3.92. The zero-order valence-corrected chi connectivity index (χ0v) is 18.8. The number of nitrogens with zero attached hydrogens (tertiary/aromatic N) is 4. The van der Waals surface area contributed by atoms with Crippen LogP contribution < -0.4 is 20.9 Å². The topological polar surface area (TPSA) is 117 Å². The summed E-state index contributed by atoms with van der Waals surface area (Å²) in [7, 11) is 1.81. The predicted molar refractivity (Wildman–Crippen MR) is 130 cm³/mol. The van der Waals surface area contributed by atoms with Crippen molar-refractivity contribution < 1.29 is 13.9 Å². The van der Waals surface area contributed by atoms with Crippen LogP contribution in [0, 0.1) is 0 Å². The van der Waals surface area contributed by atoms with E-state index in [1.807, 2.05) is 31.3 Å². The first-order chi connectivity index (χ1) is 16.7. The summed E-state index contributed by atoms with van der Waals surface area (Å²) in [5, 5.41) is 10.5. The molecule has 0 spiro atoms. The average Bonchev–Trinajstić information content (AvgIpc) is 3.57. The molecule has 2 aliphatic rings. The highest BCUT2D eigenvalue weighted by molar-refractivity contribution is 6.03. The number of nitrogens with one attached hydrogen (secondary N) is 3. The molecule has 1 saturated heterocycles. The van der Waals surface area contributed by atoms with Gasteiger partial charge in [-0.3, -0.25) is 5.32 Å². The van der Waals surface area contributed by atoms with E-state index < -0.39 is 0 Å². The molecular formula is C24H25N7O3. The van der Waals surface area contributed by atoms with Crippen LogP contribution in [0.25, 0.3) is 33.3 Å². The van der Waals surface area contributed by atoms with E-state index in [9.17, 15) is 4.79 Å². The number of rotatable bonds is 5. The minimum absolute atomic E-state index is 0.253. The van der Waals surface area contributed by atoms with Crippen molar-refractivity contribution in [3.8, 4) is 11.5 Å². The maximum Gasteiger partial charge on any atom is 0.320 e. The fourth-order valence-electron chi connectivity index (χ4n) is 4.19. The molecule has 4 heterocycles. The van der Waals surface area contributed by atoms with E-state index in [-0.39, 0.29) is 12.1 Å². The normalized spacial score (nSPS) is 16.1. The zero-order chi connectivity index (χ0) is 23.1. The number of urea groups is 1. The molecule has 3 N–H and O–H groups in total. The Labute approximate surface area is 195 Å². The number of amides is 2. The van der Waals surface area contributed by atoms with Crippen molar-refractivity contribution in [1.29, 1.82) is 0 Å². The van der Waals surface area contributed by atoms with Crippen LogP contribution in [0.5, 0.6) is 0 Å². The zero-order valence-electron chi connectivity index (χ0n) is 18.8. The lowest BCUT2D eigenvalue weighted by Crippen LogP contribution is -2.36. The molecule has 0 bridgehead atoms. The van der Waals surface area contributed by atoms with Crippen LogP contribution >= 0.6 is 0 Å². The first kappa shape index (κ1) is 20.7. The van der Waals surface area contributed by atoms with E-state index in [4.69, 9.17) is 14.1 Å². The van der Waals surface area contributed by atoms with Crippen LogP contribution in [0.1, 0.15) is 12.8 Å². The second-order valence-corrected chi connectivity index (χ2v) is 8.53. The SMILES string of the molecule is CNc1ncc(-c2nc3cc(N4CCOCC4)ccc3o2)c2cc(NC(=O)NC3CC3)ncc12. The van der Waals surface area contributed by atoms with Gasteiger partial charge in [-0.2, -0.15) is 0 Å². The van der Waals surface area contributed by atoms with Crippen LogP contribution in [0.2, 0.25) is 0 Å². The van der Waals surface area contributed by atoms with Crippen molar-refractivity contribution in [2.24, 2.45) is 0 Å². The lowest BCUT2D eigenvalue weighted by atomic mass is 10.1. The van der Waals surface area contributed by atoms with E-state index in [2.05, 4.69) is 30.8 Å². The third-order valence-corrected chi connectivity index (χ3v) is 6.14. The molecule has 4 aromatic rings. The van der Waals surface area contributed by atoms with Gasteiger partial charge in [0.05, 0.1) is 18.8 Å². The van der Waals surface area contributed by atoms with Crippen molar-refractivity contribution in [1.82, 2.24) is 20.3 Å². The largest absolute Gasteiger partial charge is 0.436 e. The molecule has 0 atom stereocenters. The molecule has 1 aliphatic carbocycles. The molecule has 2 fully saturated rings. The molecule has 1 aliphatic heterocycles. The third kappa shape index (κ3) is 3.96. The van der Waals surface area contributed by atoms with Crippen molar-refractivity contribution in [2.75, 3.05) is 48.9 Å². The highest BCUT2D eigenvalue weighted by atomic mass is 16.5. The van der Waals surface area contributed by atoms with Gasteiger partial charge in [-0.15, -0.1) is 0 Å². The summed E-state index contributed by atoms with van der Waals surface area (Å²) in [5.41, 5.74) is 3.31. The van der Waals surface area contributed by atoms with Crippen molar-refractivity contribution >= 4 is 45.2 Å². The Kier molecular flexibility index (Phi) is 5.14. The van der Waals surface area contributed by atoms with Gasteiger partial charge in [0.2, 0.25) is 5.89 Å². The quantitative estimate of drug-likeness (QED) is 0.414. The molecule has 1 aromatic carbocycles. The maximum atomic E-state index is 12.2. The minimum atomic E-state index is -0.253. The second-order valence-electron chi connectivity index (χ2n) is 8.53. The monoisotopic (exact) mass is 459 g/mol. The van der Waals surface area contributed by atoms with E-state index in [1.54, 1.807) is 12.4 Å². The molecule has 10 nitrogen and oxygen atoms in total. The van der Waals surface area contributed by atoms with E-state index in [1.165, 1.54) is 0 Å². The van der Waals surface area contributed by atoms with Gasteiger partial charge in [0, 0.05) is 55.0 Å². The van der Waals surface area contributed by atoms with Gasteiger partial charge in [0.15, 0.2) is 5.58 Å². The fraction of sp³-hybridized carbons (Fsp3) is 0.333.